The second kappa shape index (κ2) is 6.40. The normalized spacial score (nSPS) is 10.0. The number of rotatable bonds is 5. The van der Waals surface area contributed by atoms with Crippen molar-refractivity contribution in [2.45, 2.75) is 26.8 Å². The molecule has 0 radical (unpaired) electrons. The third-order valence-electron chi connectivity index (χ3n) is 1.96. The molecule has 15 heavy (non-hydrogen) atoms. The van der Waals surface area contributed by atoms with Gasteiger partial charge in [-0.25, -0.2) is 0 Å². The number of nitrogens with zero attached hydrogens (tertiary/aromatic N) is 2. The van der Waals surface area contributed by atoms with Gasteiger partial charge in [-0.1, -0.05) is 0 Å². The second-order valence-corrected chi connectivity index (χ2v) is 3.77. The van der Waals surface area contributed by atoms with E-state index >= 15 is 0 Å². The van der Waals surface area contributed by atoms with E-state index in [1.54, 1.807) is 0 Å². The van der Waals surface area contributed by atoms with Crippen LogP contribution in [-0.2, 0) is 6.54 Å². The molecule has 0 aromatic carbocycles. The Labute approximate surface area is 96.1 Å². The molecule has 0 aliphatic rings. The fourth-order valence-corrected chi connectivity index (χ4v) is 1.50. The van der Waals surface area contributed by atoms with Crippen LogP contribution in [0.3, 0.4) is 0 Å². The van der Waals surface area contributed by atoms with Crippen LogP contribution in [0.4, 0.5) is 0 Å². The molecule has 1 aromatic rings. The standard InChI is InChI=1S/C10H18N4S/c1-3-11-10(15)12-6-4-7-14-8-5-9(2)13-14/h5,8H,3-4,6-7H2,1-2H3,(H2,11,12,15). The van der Waals surface area contributed by atoms with Crippen molar-refractivity contribution in [1.29, 1.82) is 0 Å². The summed E-state index contributed by atoms with van der Waals surface area (Å²) in [6, 6.07) is 2.01. The highest BCUT2D eigenvalue weighted by Gasteiger charge is 1.95. The number of thiocarbonyl (C=S) groups is 1. The zero-order valence-electron chi connectivity index (χ0n) is 9.29. The Bertz CT molecular complexity index is 308. The highest BCUT2D eigenvalue weighted by Crippen LogP contribution is 1.93. The van der Waals surface area contributed by atoms with Crippen molar-refractivity contribution in [3.8, 4) is 0 Å². The Morgan fingerprint density at radius 2 is 2.33 bits per heavy atom. The second-order valence-electron chi connectivity index (χ2n) is 3.36. The lowest BCUT2D eigenvalue weighted by Gasteiger charge is -2.08. The predicted octanol–water partition coefficient (Wildman–Crippen LogP) is 1.07. The fourth-order valence-electron chi connectivity index (χ4n) is 1.25. The first-order chi connectivity index (χ1) is 7.22. The summed E-state index contributed by atoms with van der Waals surface area (Å²) in [6.07, 6.45) is 3.02. The number of hydrogen-bond acceptors (Lipinski definition) is 2. The molecule has 1 heterocycles. The maximum absolute atomic E-state index is 5.04. The van der Waals surface area contributed by atoms with Gasteiger partial charge >= 0.3 is 0 Å². The molecule has 5 heteroatoms. The summed E-state index contributed by atoms with van der Waals surface area (Å²) in [7, 11) is 0. The van der Waals surface area contributed by atoms with Crippen LogP contribution >= 0.6 is 12.2 Å². The van der Waals surface area contributed by atoms with Gasteiger partial charge in [-0.3, -0.25) is 4.68 Å². The van der Waals surface area contributed by atoms with E-state index in [1.165, 1.54) is 0 Å². The third-order valence-corrected chi connectivity index (χ3v) is 2.25. The molecule has 84 valence electrons. The fraction of sp³-hybridized carbons (Fsp3) is 0.600. The molecule has 0 amide bonds. The molecular weight excluding hydrogens is 208 g/mol. The highest BCUT2D eigenvalue weighted by molar-refractivity contribution is 7.80. The predicted molar refractivity (Wildman–Crippen MR) is 65.9 cm³/mol. The Hall–Kier alpha value is -1.10. The van der Waals surface area contributed by atoms with Crippen molar-refractivity contribution in [3.05, 3.63) is 18.0 Å². The van der Waals surface area contributed by atoms with Gasteiger partial charge in [0, 0.05) is 25.8 Å². The van der Waals surface area contributed by atoms with Crippen LogP contribution in [0.2, 0.25) is 0 Å². The Morgan fingerprint density at radius 1 is 1.53 bits per heavy atom. The molecule has 0 atom stereocenters. The lowest BCUT2D eigenvalue weighted by molar-refractivity contribution is 0.568. The van der Waals surface area contributed by atoms with Gasteiger partial charge in [-0.2, -0.15) is 5.10 Å². The Morgan fingerprint density at radius 3 is 2.93 bits per heavy atom. The average molecular weight is 226 g/mol. The zero-order chi connectivity index (χ0) is 11.1. The van der Waals surface area contributed by atoms with Gasteiger partial charge in [0.2, 0.25) is 0 Å². The van der Waals surface area contributed by atoms with Gasteiger partial charge in [0.1, 0.15) is 0 Å². The minimum absolute atomic E-state index is 0.731. The molecule has 0 aliphatic heterocycles. The van der Waals surface area contributed by atoms with Gasteiger partial charge in [0.15, 0.2) is 5.11 Å². The molecule has 0 unspecified atom stereocenters. The van der Waals surface area contributed by atoms with E-state index in [0.29, 0.717) is 0 Å². The van der Waals surface area contributed by atoms with Crippen molar-refractivity contribution >= 4 is 17.3 Å². The lowest BCUT2D eigenvalue weighted by Crippen LogP contribution is -2.35. The summed E-state index contributed by atoms with van der Waals surface area (Å²) < 4.78 is 1.95. The lowest BCUT2D eigenvalue weighted by atomic mass is 10.4. The number of nitrogens with one attached hydrogen (secondary N) is 2. The van der Waals surface area contributed by atoms with Crippen molar-refractivity contribution in [3.63, 3.8) is 0 Å². The Balaban J connectivity index is 2.09. The Kier molecular flexibility index (Phi) is 5.10. The summed E-state index contributed by atoms with van der Waals surface area (Å²) in [6.45, 7) is 6.69. The van der Waals surface area contributed by atoms with Crippen LogP contribution < -0.4 is 10.6 Å². The van der Waals surface area contributed by atoms with E-state index in [-0.39, 0.29) is 0 Å². The van der Waals surface area contributed by atoms with Crippen LogP contribution in [0.15, 0.2) is 12.3 Å². The minimum Gasteiger partial charge on any atom is -0.363 e. The summed E-state index contributed by atoms with van der Waals surface area (Å²) in [5, 5.41) is 11.2. The molecule has 0 fully saturated rings. The average Bonchev–Trinajstić information content (AvgIpc) is 2.60. The SMILES string of the molecule is CCNC(=S)NCCCn1ccc(C)n1. The van der Waals surface area contributed by atoms with Gasteiger partial charge in [0.25, 0.3) is 0 Å². The topological polar surface area (TPSA) is 41.9 Å². The number of hydrogen-bond donors (Lipinski definition) is 2. The first kappa shape index (κ1) is 12.0. The smallest absolute Gasteiger partial charge is 0.166 e. The molecule has 1 rings (SSSR count). The summed E-state index contributed by atoms with van der Waals surface area (Å²) in [4.78, 5) is 0. The van der Waals surface area contributed by atoms with Crippen LogP contribution in [0.25, 0.3) is 0 Å². The van der Waals surface area contributed by atoms with Crippen LogP contribution in [0, 0.1) is 6.92 Å². The maximum atomic E-state index is 5.04. The quantitative estimate of drug-likeness (QED) is 0.582. The molecule has 0 saturated carbocycles. The first-order valence-corrected chi connectivity index (χ1v) is 5.65. The summed E-state index contributed by atoms with van der Waals surface area (Å²) in [5.74, 6) is 0. The molecule has 2 N–H and O–H groups in total. The molecule has 0 aliphatic carbocycles. The van der Waals surface area contributed by atoms with E-state index in [2.05, 4.69) is 15.7 Å². The minimum atomic E-state index is 0.731. The van der Waals surface area contributed by atoms with Crippen molar-refractivity contribution < 1.29 is 0 Å². The van der Waals surface area contributed by atoms with Gasteiger partial charge < -0.3 is 10.6 Å². The largest absolute Gasteiger partial charge is 0.363 e. The van der Waals surface area contributed by atoms with Crippen LogP contribution in [-0.4, -0.2) is 28.0 Å². The van der Waals surface area contributed by atoms with E-state index in [4.69, 9.17) is 12.2 Å². The van der Waals surface area contributed by atoms with Gasteiger partial charge in [0.05, 0.1) is 5.69 Å². The van der Waals surface area contributed by atoms with E-state index in [0.717, 1.165) is 36.9 Å². The van der Waals surface area contributed by atoms with E-state index in [9.17, 15) is 0 Å². The molecule has 4 nitrogen and oxygen atoms in total. The molecular formula is C10H18N4S. The highest BCUT2D eigenvalue weighted by atomic mass is 32.1. The monoisotopic (exact) mass is 226 g/mol. The third kappa shape index (κ3) is 4.78. The number of aromatic nitrogens is 2. The summed E-state index contributed by atoms with van der Waals surface area (Å²) >= 11 is 5.04. The zero-order valence-corrected chi connectivity index (χ0v) is 10.1. The molecule has 0 saturated heterocycles. The molecule has 1 aromatic heterocycles. The summed E-state index contributed by atoms with van der Waals surface area (Å²) in [5.41, 5.74) is 1.06. The van der Waals surface area contributed by atoms with Crippen molar-refractivity contribution in [1.82, 2.24) is 20.4 Å². The molecule has 0 bridgehead atoms. The van der Waals surface area contributed by atoms with Crippen molar-refractivity contribution in [2.75, 3.05) is 13.1 Å². The van der Waals surface area contributed by atoms with Crippen LogP contribution in [0.1, 0.15) is 19.0 Å². The van der Waals surface area contributed by atoms with Gasteiger partial charge in [-0.05, 0) is 38.6 Å². The van der Waals surface area contributed by atoms with Gasteiger partial charge in [-0.15, -0.1) is 0 Å². The van der Waals surface area contributed by atoms with E-state index < -0.39 is 0 Å². The number of aryl methyl sites for hydroxylation is 2. The molecule has 0 spiro atoms. The van der Waals surface area contributed by atoms with E-state index in [1.807, 2.05) is 30.8 Å². The first-order valence-electron chi connectivity index (χ1n) is 5.24. The van der Waals surface area contributed by atoms with Crippen molar-refractivity contribution in [2.24, 2.45) is 0 Å². The maximum Gasteiger partial charge on any atom is 0.166 e. The van der Waals surface area contributed by atoms with Crippen LogP contribution in [0.5, 0.6) is 0 Å².